The third-order valence-electron chi connectivity index (χ3n) is 2.13. The van der Waals surface area contributed by atoms with E-state index in [9.17, 15) is 21.4 Å². The highest BCUT2D eigenvalue weighted by Gasteiger charge is 2.36. The van der Waals surface area contributed by atoms with Crippen LogP contribution < -0.4 is 0 Å². The zero-order valence-electron chi connectivity index (χ0n) is 8.20. The van der Waals surface area contributed by atoms with Crippen LogP contribution in [0.15, 0.2) is 0 Å². The SMILES string of the molecule is CS(=O)(=O)C1CSCCN1C[B-](F)(F)F. The van der Waals surface area contributed by atoms with E-state index < -0.39 is 28.6 Å². The van der Waals surface area contributed by atoms with Crippen molar-refractivity contribution in [3.63, 3.8) is 0 Å². The monoisotopic (exact) mass is 262 g/mol. The second-order valence-corrected chi connectivity index (χ2v) is 6.92. The van der Waals surface area contributed by atoms with Crippen molar-refractivity contribution in [3.8, 4) is 0 Å². The Morgan fingerprint density at radius 2 is 2.07 bits per heavy atom. The normalized spacial score (nSPS) is 25.5. The summed E-state index contributed by atoms with van der Waals surface area (Å²) >= 11 is 1.38. The van der Waals surface area contributed by atoms with Gasteiger partial charge in [-0.25, -0.2) is 8.42 Å². The Bertz CT molecular complexity index is 319. The maximum Gasteiger partial charge on any atom is 0.492 e. The van der Waals surface area contributed by atoms with Crippen LogP contribution in [-0.2, 0) is 9.84 Å². The fourth-order valence-corrected chi connectivity index (χ4v) is 4.44. The van der Waals surface area contributed by atoms with Crippen molar-refractivity contribution in [3.05, 3.63) is 0 Å². The average Bonchev–Trinajstić information content (AvgIpc) is 1.99. The van der Waals surface area contributed by atoms with Gasteiger partial charge in [0, 0.05) is 24.3 Å². The van der Waals surface area contributed by atoms with Gasteiger partial charge in [0.2, 0.25) is 0 Å². The molecule has 15 heavy (non-hydrogen) atoms. The lowest BCUT2D eigenvalue weighted by molar-refractivity contribution is 0.275. The van der Waals surface area contributed by atoms with E-state index in [1.165, 1.54) is 11.8 Å². The maximum absolute atomic E-state index is 12.2. The topological polar surface area (TPSA) is 37.4 Å². The number of halogens is 3. The van der Waals surface area contributed by atoms with Crippen molar-refractivity contribution in [2.45, 2.75) is 5.37 Å². The smallest absolute Gasteiger partial charge is 0.448 e. The van der Waals surface area contributed by atoms with Crippen LogP contribution in [0.25, 0.3) is 0 Å². The zero-order valence-corrected chi connectivity index (χ0v) is 9.83. The lowest BCUT2D eigenvalue weighted by Gasteiger charge is -2.37. The molecule has 1 fully saturated rings. The molecule has 0 aromatic carbocycles. The van der Waals surface area contributed by atoms with Gasteiger partial charge in [0.1, 0.15) is 5.37 Å². The minimum atomic E-state index is -4.96. The molecule has 0 N–H and O–H groups in total. The number of hydrogen-bond acceptors (Lipinski definition) is 4. The molecule has 1 aliphatic rings. The molecular weight excluding hydrogens is 250 g/mol. The van der Waals surface area contributed by atoms with Crippen molar-refractivity contribution >= 4 is 28.6 Å². The fraction of sp³-hybridized carbons (Fsp3) is 1.00. The quantitative estimate of drug-likeness (QED) is 0.705. The van der Waals surface area contributed by atoms with Crippen molar-refractivity contribution < 1.29 is 21.4 Å². The Morgan fingerprint density at radius 1 is 1.47 bits per heavy atom. The highest BCUT2D eigenvalue weighted by molar-refractivity contribution is 8.00. The highest BCUT2D eigenvalue weighted by atomic mass is 32.2. The van der Waals surface area contributed by atoms with Crippen LogP contribution in [0.3, 0.4) is 0 Å². The number of rotatable bonds is 3. The summed E-state index contributed by atoms with van der Waals surface area (Å²) in [6, 6.07) is 0. The molecule has 0 amide bonds. The summed E-state index contributed by atoms with van der Waals surface area (Å²) in [4.78, 5) is 1.02. The van der Waals surface area contributed by atoms with Gasteiger partial charge in [-0.1, -0.05) is 0 Å². The molecule has 1 atom stereocenters. The van der Waals surface area contributed by atoms with E-state index in [1.807, 2.05) is 0 Å². The molecule has 0 aromatic rings. The highest BCUT2D eigenvalue weighted by Crippen LogP contribution is 2.23. The van der Waals surface area contributed by atoms with Crippen molar-refractivity contribution in [2.75, 3.05) is 30.8 Å². The third kappa shape index (κ3) is 4.24. The molecule has 1 heterocycles. The van der Waals surface area contributed by atoms with Gasteiger partial charge in [0.05, 0.1) is 0 Å². The van der Waals surface area contributed by atoms with E-state index in [0.717, 1.165) is 11.2 Å². The molecule has 1 rings (SSSR count). The molecule has 9 heteroatoms. The molecule has 1 aliphatic heterocycles. The Labute approximate surface area is 91.4 Å². The van der Waals surface area contributed by atoms with E-state index in [-0.39, 0.29) is 12.3 Å². The third-order valence-corrected chi connectivity index (χ3v) is 4.81. The van der Waals surface area contributed by atoms with Crippen LogP contribution in [0.5, 0.6) is 0 Å². The van der Waals surface area contributed by atoms with E-state index in [2.05, 4.69) is 0 Å². The molecule has 3 nitrogen and oxygen atoms in total. The predicted octanol–water partition coefficient (Wildman–Crippen LogP) is 0.793. The molecule has 0 aliphatic carbocycles. The van der Waals surface area contributed by atoms with E-state index in [0.29, 0.717) is 5.75 Å². The first-order valence-electron chi connectivity index (χ1n) is 4.42. The Balaban J connectivity index is 2.75. The molecule has 0 radical (unpaired) electrons. The molecule has 1 saturated heterocycles. The minimum absolute atomic E-state index is 0.184. The second-order valence-electron chi connectivity index (χ2n) is 3.56. The van der Waals surface area contributed by atoms with Crippen LogP contribution in [0, 0.1) is 0 Å². The summed E-state index contributed by atoms with van der Waals surface area (Å²) in [5.74, 6) is 0.781. The summed E-state index contributed by atoms with van der Waals surface area (Å²) in [6.07, 6.45) is -0.0990. The molecule has 0 spiro atoms. The first kappa shape index (κ1) is 13.2. The van der Waals surface area contributed by atoms with Crippen molar-refractivity contribution in [2.24, 2.45) is 0 Å². The van der Waals surface area contributed by atoms with Crippen LogP contribution in [0.4, 0.5) is 12.9 Å². The first-order chi connectivity index (χ1) is 6.70. The summed E-state index contributed by atoms with van der Waals surface area (Å²) in [7, 11) is -3.43. The summed E-state index contributed by atoms with van der Waals surface area (Å²) < 4.78 is 59.2. The van der Waals surface area contributed by atoms with Crippen molar-refractivity contribution in [1.82, 2.24) is 4.90 Å². The van der Waals surface area contributed by atoms with Crippen LogP contribution in [0.1, 0.15) is 0 Å². The van der Waals surface area contributed by atoms with Crippen molar-refractivity contribution in [1.29, 1.82) is 0 Å². The zero-order chi connectivity index (χ0) is 11.7. The molecule has 0 aromatic heterocycles. The standard InChI is InChI=1S/C6H12BF3NO2S2/c1-15(12,13)6-4-14-3-2-11(6)5-7(8,9)10/h6H,2-5H2,1H3/q-1. The van der Waals surface area contributed by atoms with Gasteiger partial charge < -0.3 is 17.8 Å². The van der Waals surface area contributed by atoms with Gasteiger partial charge >= 0.3 is 6.98 Å². The fourth-order valence-electron chi connectivity index (χ4n) is 1.48. The predicted molar refractivity (Wildman–Crippen MR) is 56.6 cm³/mol. The van der Waals surface area contributed by atoms with Gasteiger partial charge in [0.25, 0.3) is 0 Å². The van der Waals surface area contributed by atoms with Gasteiger partial charge in [-0.05, 0) is 6.44 Å². The number of hydrogen-bond donors (Lipinski definition) is 0. The Morgan fingerprint density at radius 3 is 2.53 bits per heavy atom. The minimum Gasteiger partial charge on any atom is -0.448 e. The molecule has 90 valence electrons. The summed E-state index contributed by atoms with van der Waals surface area (Å²) in [6.45, 7) is -4.77. The number of nitrogens with zero attached hydrogens (tertiary/aromatic N) is 1. The molecule has 0 bridgehead atoms. The Hall–Kier alpha value is 0.115. The van der Waals surface area contributed by atoms with Crippen LogP contribution in [-0.4, -0.2) is 56.4 Å². The summed E-state index contributed by atoms with van der Waals surface area (Å²) in [5.41, 5.74) is 0. The first-order valence-corrected chi connectivity index (χ1v) is 7.53. The number of thioether (sulfide) groups is 1. The largest absolute Gasteiger partial charge is 0.492 e. The van der Waals surface area contributed by atoms with Gasteiger partial charge in [-0.2, -0.15) is 11.8 Å². The van der Waals surface area contributed by atoms with E-state index >= 15 is 0 Å². The number of sulfone groups is 1. The van der Waals surface area contributed by atoms with Gasteiger partial charge in [-0.15, -0.1) is 0 Å². The van der Waals surface area contributed by atoms with E-state index in [1.54, 1.807) is 0 Å². The van der Waals surface area contributed by atoms with E-state index in [4.69, 9.17) is 0 Å². The van der Waals surface area contributed by atoms with Crippen LogP contribution >= 0.6 is 11.8 Å². The lowest BCUT2D eigenvalue weighted by atomic mass is 9.91. The average molecular weight is 262 g/mol. The molecule has 1 unspecified atom stereocenters. The van der Waals surface area contributed by atoms with Crippen LogP contribution in [0.2, 0.25) is 0 Å². The van der Waals surface area contributed by atoms with Gasteiger partial charge in [0.15, 0.2) is 9.84 Å². The van der Waals surface area contributed by atoms with Gasteiger partial charge in [-0.3, -0.25) is 0 Å². The lowest BCUT2D eigenvalue weighted by Crippen LogP contribution is -2.51. The maximum atomic E-state index is 12.2. The molecule has 0 saturated carbocycles. The second kappa shape index (κ2) is 4.54. The summed E-state index contributed by atoms with van der Waals surface area (Å²) in [5, 5.41) is -0.986. The molecular formula is C6H12BF3NO2S2-. The Kier molecular flexibility index (Phi) is 3.99.